The molecule has 1 N–H and O–H groups in total. The minimum absolute atomic E-state index is 0.0682. The summed E-state index contributed by atoms with van der Waals surface area (Å²) in [7, 11) is 0. The Kier molecular flexibility index (Phi) is 4.14. The van der Waals surface area contributed by atoms with E-state index >= 15 is 0 Å². The van der Waals surface area contributed by atoms with Crippen molar-refractivity contribution >= 4 is 27.5 Å². The van der Waals surface area contributed by atoms with E-state index in [1.54, 1.807) is 0 Å². The number of rotatable bonds is 3. The van der Waals surface area contributed by atoms with Crippen LogP contribution in [0.1, 0.15) is 20.3 Å². The number of nitrogens with one attached hydrogen (secondary N) is 1. The van der Waals surface area contributed by atoms with E-state index in [9.17, 15) is 4.79 Å². The molecule has 1 amide bonds. The molecule has 2 nitrogen and oxygen atoms in total. The first-order chi connectivity index (χ1) is 6.63. The summed E-state index contributed by atoms with van der Waals surface area (Å²) in [6.07, 6.45) is 0.863. The number of halogens is 1. The molecule has 14 heavy (non-hydrogen) atoms. The van der Waals surface area contributed by atoms with E-state index in [1.807, 2.05) is 38.1 Å². The first-order valence-electron chi connectivity index (χ1n) is 4.70. The van der Waals surface area contributed by atoms with Crippen molar-refractivity contribution in [2.45, 2.75) is 20.3 Å². The molecule has 0 spiro atoms. The molecule has 1 aromatic rings. The van der Waals surface area contributed by atoms with E-state index in [0.29, 0.717) is 0 Å². The summed E-state index contributed by atoms with van der Waals surface area (Å²) >= 11 is 3.34. The van der Waals surface area contributed by atoms with Gasteiger partial charge in [0.15, 0.2) is 0 Å². The third kappa shape index (κ3) is 3.14. The first kappa shape index (κ1) is 11.2. The van der Waals surface area contributed by atoms with Gasteiger partial charge in [-0.3, -0.25) is 4.79 Å². The van der Waals surface area contributed by atoms with E-state index in [4.69, 9.17) is 0 Å². The molecule has 0 aliphatic heterocycles. The van der Waals surface area contributed by atoms with Crippen molar-refractivity contribution in [2.24, 2.45) is 5.92 Å². The minimum atomic E-state index is 0.0682. The van der Waals surface area contributed by atoms with Crippen LogP contribution in [0.3, 0.4) is 0 Å². The van der Waals surface area contributed by atoms with Gasteiger partial charge >= 0.3 is 0 Å². The standard InChI is InChI=1S/C11H14BrNO/c1-3-8(2)11(14)13-10-6-4-9(12)5-7-10/h4-8H,3H2,1-2H3,(H,13,14)/t8-/m0/s1. The average molecular weight is 256 g/mol. The normalized spacial score (nSPS) is 12.2. The third-order valence-corrected chi connectivity index (χ3v) is 2.70. The summed E-state index contributed by atoms with van der Waals surface area (Å²) in [5.41, 5.74) is 0.846. The number of amides is 1. The number of carbonyl (C=O) groups excluding carboxylic acids is 1. The monoisotopic (exact) mass is 255 g/mol. The van der Waals surface area contributed by atoms with Gasteiger partial charge in [0.1, 0.15) is 0 Å². The van der Waals surface area contributed by atoms with Gasteiger partial charge in [-0.05, 0) is 30.7 Å². The molecule has 1 rings (SSSR count). The number of anilines is 1. The van der Waals surface area contributed by atoms with Crippen LogP contribution in [0.5, 0.6) is 0 Å². The maximum Gasteiger partial charge on any atom is 0.227 e. The third-order valence-electron chi connectivity index (χ3n) is 2.17. The fourth-order valence-corrected chi connectivity index (χ4v) is 1.25. The molecule has 1 atom stereocenters. The molecule has 1 aromatic carbocycles. The van der Waals surface area contributed by atoms with E-state index in [1.165, 1.54) is 0 Å². The Balaban J connectivity index is 2.60. The van der Waals surface area contributed by atoms with Crippen LogP contribution in [-0.4, -0.2) is 5.91 Å². The zero-order chi connectivity index (χ0) is 10.6. The lowest BCUT2D eigenvalue weighted by molar-refractivity contribution is -0.119. The lowest BCUT2D eigenvalue weighted by Crippen LogP contribution is -2.19. The van der Waals surface area contributed by atoms with Crippen LogP contribution in [0.25, 0.3) is 0 Å². The van der Waals surface area contributed by atoms with Gasteiger partial charge in [-0.1, -0.05) is 29.8 Å². The van der Waals surface area contributed by atoms with Gasteiger partial charge in [0, 0.05) is 16.1 Å². The highest BCUT2D eigenvalue weighted by atomic mass is 79.9. The lowest BCUT2D eigenvalue weighted by atomic mass is 10.1. The number of hydrogen-bond acceptors (Lipinski definition) is 1. The number of hydrogen-bond donors (Lipinski definition) is 1. The zero-order valence-corrected chi connectivity index (χ0v) is 9.97. The summed E-state index contributed by atoms with van der Waals surface area (Å²) in [4.78, 5) is 11.5. The Morgan fingerprint density at radius 2 is 2.00 bits per heavy atom. The fraction of sp³-hybridized carbons (Fsp3) is 0.364. The average Bonchev–Trinajstić information content (AvgIpc) is 2.20. The molecule has 0 aliphatic rings. The second-order valence-corrected chi connectivity index (χ2v) is 4.22. The van der Waals surface area contributed by atoms with Crippen LogP contribution in [0.15, 0.2) is 28.7 Å². The second-order valence-electron chi connectivity index (χ2n) is 3.31. The Morgan fingerprint density at radius 1 is 1.43 bits per heavy atom. The van der Waals surface area contributed by atoms with Crippen molar-refractivity contribution < 1.29 is 4.79 Å². The Bertz CT molecular complexity index is 308. The Morgan fingerprint density at radius 3 is 2.50 bits per heavy atom. The Hall–Kier alpha value is -0.830. The molecule has 0 saturated heterocycles. The molecule has 0 aromatic heterocycles. The summed E-state index contributed by atoms with van der Waals surface area (Å²) in [5.74, 6) is 0.147. The minimum Gasteiger partial charge on any atom is -0.326 e. The quantitative estimate of drug-likeness (QED) is 0.881. The van der Waals surface area contributed by atoms with Crippen LogP contribution >= 0.6 is 15.9 Å². The molecule has 0 aliphatic carbocycles. The van der Waals surface area contributed by atoms with Crippen molar-refractivity contribution in [3.05, 3.63) is 28.7 Å². The smallest absolute Gasteiger partial charge is 0.227 e. The summed E-state index contributed by atoms with van der Waals surface area (Å²) < 4.78 is 1.01. The molecule has 0 saturated carbocycles. The predicted molar refractivity (Wildman–Crippen MR) is 62.2 cm³/mol. The highest BCUT2D eigenvalue weighted by molar-refractivity contribution is 9.10. The Labute approximate surface area is 92.8 Å². The van der Waals surface area contributed by atoms with Gasteiger partial charge in [-0.2, -0.15) is 0 Å². The number of carbonyl (C=O) groups is 1. The van der Waals surface area contributed by atoms with Crippen molar-refractivity contribution in [3.8, 4) is 0 Å². The maximum atomic E-state index is 11.5. The van der Waals surface area contributed by atoms with Crippen molar-refractivity contribution in [2.75, 3.05) is 5.32 Å². The molecular weight excluding hydrogens is 242 g/mol. The van der Waals surface area contributed by atoms with Crippen molar-refractivity contribution in [3.63, 3.8) is 0 Å². The molecule has 0 radical (unpaired) electrons. The lowest BCUT2D eigenvalue weighted by Gasteiger charge is -2.09. The first-order valence-corrected chi connectivity index (χ1v) is 5.49. The SMILES string of the molecule is CC[C@H](C)C(=O)Nc1ccc(Br)cc1. The largest absolute Gasteiger partial charge is 0.326 e. The molecular formula is C11H14BrNO. The summed E-state index contributed by atoms with van der Waals surface area (Å²) in [6, 6.07) is 7.58. The van der Waals surface area contributed by atoms with Gasteiger partial charge in [-0.25, -0.2) is 0 Å². The van der Waals surface area contributed by atoms with Crippen molar-refractivity contribution in [1.29, 1.82) is 0 Å². The van der Waals surface area contributed by atoms with Gasteiger partial charge in [0.05, 0.1) is 0 Å². The summed E-state index contributed by atoms with van der Waals surface area (Å²) in [6.45, 7) is 3.93. The summed E-state index contributed by atoms with van der Waals surface area (Å²) in [5, 5.41) is 2.86. The van der Waals surface area contributed by atoms with E-state index in [-0.39, 0.29) is 11.8 Å². The molecule has 0 bridgehead atoms. The van der Waals surface area contributed by atoms with Gasteiger partial charge in [0.2, 0.25) is 5.91 Å². The van der Waals surface area contributed by atoms with E-state index in [0.717, 1.165) is 16.6 Å². The second kappa shape index (κ2) is 5.15. The highest BCUT2D eigenvalue weighted by Crippen LogP contribution is 2.15. The van der Waals surface area contributed by atoms with Crippen LogP contribution < -0.4 is 5.32 Å². The molecule has 0 fully saturated rings. The molecule has 0 heterocycles. The maximum absolute atomic E-state index is 11.5. The number of benzene rings is 1. The zero-order valence-electron chi connectivity index (χ0n) is 8.38. The van der Waals surface area contributed by atoms with E-state index in [2.05, 4.69) is 21.2 Å². The molecule has 3 heteroatoms. The van der Waals surface area contributed by atoms with Crippen LogP contribution in [0, 0.1) is 5.92 Å². The topological polar surface area (TPSA) is 29.1 Å². The van der Waals surface area contributed by atoms with Gasteiger partial charge in [0.25, 0.3) is 0 Å². The van der Waals surface area contributed by atoms with E-state index < -0.39 is 0 Å². The predicted octanol–water partition coefficient (Wildman–Crippen LogP) is 3.43. The molecule has 76 valence electrons. The van der Waals surface area contributed by atoms with Gasteiger partial charge in [-0.15, -0.1) is 0 Å². The van der Waals surface area contributed by atoms with Crippen LogP contribution in [-0.2, 0) is 4.79 Å². The van der Waals surface area contributed by atoms with Crippen LogP contribution in [0.4, 0.5) is 5.69 Å². The highest BCUT2D eigenvalue weighted by Gasteiger charge is 2.09. The van der Waals surface area contributed by atoms with Gasteiger partial charge < -0.3 is 5.32 Å². The fourth-order valence-electron chi connectivity index (χ4n) is 0.984. The van der Waals surface area contributed by atoms with Crippen molar-refractivity contribution in [1.82, 2.24) is 0 Å². The van der Waals surface area contributed by atoms with Crippen LogP contribution in [0.2, 0.25) is 0 Å². The molecule has 0 unspecified atom stereocenters.